The first-order chi connectivity index (χ1) is 10.1. The number of nitrogens with zero attached hydrogens (tertiary/aromatic N) is 5. The van der Waals surface area contributed by atoms with Crippen LogP contribution in [0, 0.1) is 5.82 Å². The molecule has 1 saturated heterocycles. The molecule has 3 heterocycles. The molecule has 1 aliphatic rings. The molecule has 3 rings (SSSR count). The van der Waals surface area contributed by atoms with E-state index in [2.05, 4.69) is 10.1 Å². The molecule has 0 N–H and O–H groups in total. The maximum atomic E-state index is 12.9. The summed E-state index contributed by atoms with van der Waals surface area (Å²) in [5, 5.41) is 4.13. The smallest absolute Gasteiger partial charge is 0.274 e. The molecule has 2 aromatic heterocycles. The van der Waals surface area contributed by atoms with Crippen LogP contribution in [0.1, 0.15) is 10.5 Å². The van der Waals surface area contributed by atoms with Crippen LogP contribution in [0.3, 0.4) is 0 Å². The van der Waals surface area contributed by atoms with Crippen molar-refractivity contribution < 1.29 is 9.18 Å². The van der Waals surface area contributed by atoms with Gasteiger partial charge in [0.05, 0.1) is 6.20 Å². The Bertz CT molecular complexity index is 631. The molecule has 0 saturated carbocycles. The molecular formula is C14H16FN5O. The third-order valence-electron chi connectivity index (χ3n) is 3.54. The maximum Gasteiger partial charge on any atom is 0.274 e. The lowest BCUT2D eigenvalue weighted by molar-refractivity contribution is 0.0740. The van der Waals surface area contributed by atoms with Gasteiger partial charge in [0.2, 0.25) is 0 Å². The number of carbonyl (C=O) groups excluding carboxylic acids is 1. The van der Waals surface area contributed by atoms with E-state index in [1.54, 1.807) is 35.0 Å². The Hall–Kier alpha value is -2.44. The van der Waals surface area contributed by atoms with Gasteiger partial charge in [0.25, 0.3) is 5.91 Å². The second kappa shape index (κ2) is 5.51. The molecule has 0 atom stereocenters. The van der Waals surface area contributed by atoms with Crippen LogP contribution in [0.4, 0.5) is 10.2 Å². The predicted molar refractivity (Wildman–Crippen MR) is 75.5 cm³/mol. The van der Waals surface area contributed by atoms with Crippen molar-refractivity contribution in [3.8, 4) is 0 Å². The minimum Gasteiger partial charge on any atom is -0.353 e. The number of aryl methyl sites for hydroxylation is 1. The molecule has 0 bridgehead atoms. The van der Waals surface area contributed by atoms with Crippen LogP contribution in [0.25, 0.3) is 0 Å². The number of halogens is 1. The first kappa shape index (κ1) is 13.5. The Labute approximate surface area is 121 Å². The van der Waals surface area contributed by atoms with Crippen molar-refractivity contribution in [2.24, 2.45) is 7.05 Å². The van der Waals surface area contributed by atoms with Gasteiger partial charge in [-0.3, -0.25) is 9.48 Å². The number of hydrogen-bond acceptors (Lipinski definition) is 4. The first-order valence-corrected chi connectivity index (χ1v) is 6.79. The molecule has 0 radical (unpaired) electrons. The molecule has 2 aromatic rings. The zero-order chi connectivity index (χ0) is 14.8. The SMILES string of the molecule is Cn1ccc(C(=O)N2CCN(c3ccc(F)cn3)CC2)n1. The lowest BCUT2D eigenvalue weighted by atomic mass is 10.2. The minimum atomic E-state index is -0.345. The van der Waals surface area contributed by atoms with E-state index in [0.29, 0.717) is 31.9 Å². The van der Waals surface area contributed by atoms with E-state index in [1.165, 1.54) is 12.3 Å². The van der Waals surface area contributed by atoms with E-state index in [0.717, 1.165) is 5.82 Å². The Morgan fingerprint density at radius 1 is 1.19 bits per heavy atom. The minimum absolute atomic E-state index is 0.0534. The highest BCUT2D eigenvalue weighted by Gasteiger charge is 2.24. The lowest BCUT2D eigenvalue weighted by Gasteiger charge is -2.35. The zero-order valence-electron chi connectivity index (χ0n) is 11.7. The summed E-state index contributed by atoms with van der Waals surface area (Å²) in [5.41, 5.74) is 0.464. The molecule has 1 aliphatic heterocycles. The normalized spacial score (nSPS) is 15.3. The summed E-state index contributed by atoms with van der Waals surface area (Å²) in [4.78, 5) is 20.2. The molecular weight excluding hydrogens is 273 g/mol. The van der Waals surface area contributed by atoms with Gasteiger partial charge in [-0.2, -0.15) is 5.10 Å². The van der Waals surface area contributed by atoms with Gasteiger partial charge < -0.3 is 9.80 Å². The monoisotopic (exact) mass is 289 g/mol. The average Bonchev–Trinajstić information content (AvgIpc) is 2.94. The van der Waals surface area contributed by atoms with E-state index in [-0.39, 0.29) is 11.7 Å². The number of rotatable bonds is 2. The lowest BCUT2D eigenvalue weighted by Crippen LogP contribution is -2.49. The fraction of sp³-hybridized carbons (Fsp3) is 0.357. The fourth-order valence-corrected chi connectivity index (χ4v) is 2.38. The highest BCUT2D eigenvalue weighted by atomic mass is 19.1. The number of anilines is 1. The molecule has 0 unspecified atom stereocenters. The van der Waals surface area contributed by atoms with Gasteiger partial charge >= 0.3 is 0 Å². The third-order valence-corrected chi connectivity index (χ3v) is 3.54. The molecule has 1 amide bonds. The highest BCUT2D eigenvalue weighted by molar-refractivity contribution is 5.92. The number of hydrogen-bond donors (Lipinski definition) is 0. The Balaban J connectivity index is 1.62. The third kappa shape index (κ3) is 2.86. The van der Waals surface area contributed by atoms with Crippen molar-refractivity contribution in [1.82, 2.24) is 19.7 Å². The van der Waals surface area contributed by atoms with Crippen LogP contribution in [0.15, 0.2) is 30.6 Å². The van der Waals surface area contributed by atoms with Gasteiger partial charge in [0.1, 0.15) is 17.3 Å². The second-order valence-electron chi connectivity index (χ2n) is 4.99. The van der Waals surface area contributed by atoms with Gasteiger partial charge in [-0.25, -0.2) is 9.37 Å². The van der Waals surface area contributed by atoms with E-state index in [9.17, 15) is 9.18 Å². The largest absolute Gasteiger partial charge is 0.353 e. The standard InChI is InChI=1S/C14H16FN5O/c1-18-5-4-12(17-18)14(21)20-8-6-19(7-9-20)13-3-2-11(15)10-16-13/h2-5,10H,6-9H2,1H3. The van der Waals surface area contributed by atoms with Crippen LogP contribution in [0.2, 0.25) is 0 Å². The van der Waals surface area contributed by atoms with E-state index in [4.69, 9.17) is 0 Å². The van der Waals surface area contributed by atoms with E-state index >= 15 is 0 Å². The molecule has 0 spiro atoms. The van der Waals surface area contributed by atoms with Crippen molar-refractivity contribution in [2.45, 2.75) is 0 Å². The van der Waals surface area contributed by atoms with Gasteiger partial charge in [-0.05, 0) is 18.2 Å². The van der Waals surface area contributed by atoms with Gasteiger partial charge in [-0.15, -0.1) is 0 Å². The van der Waals surface area contributed by atoms with Crippen molar-refractivity contribution >= 4 is 11.7 Å². The average molecular weight is 289 g/mol. The fourth-order valence-electron chi connectivity index (χ4n) is 2.38. The summed E-state index contributed by atoms with van der Waals surface area (Å²) < 4.78 is 14.5. The van der Waals surface area contributed by atoms with Crippen LogP contribution in [-0.2, 0) is 7.05 Å². The molecule has 7 heteroatoms. The highest BCUT2D eigenvalue weighted by Crippen LogP contribution is 2.14. The summed E-state index contributed by atoms with van der Waals surface area (Å²) >= 11 is 0. The molecule has 1 fully saturated rings. The Kier molecular flexibility index (Phi) is 3.55. The second-order valence-corrected chi connectivity index (χ2v) is 4.99. The number of carbonyl (C=O) groups is 1. The van der Waals surface area contributed by atoms with E-state index in [1.807, 2.05) is 4.90 Å². The quantitative estimate of drug-likeness (QED) is 0.825. The topological polar surface area (TPSA) is 54.3 Å². The zero-order valence-corrected chi connectivity index (χ0v) is 11.7. The maximum absolute atomic E-state index is 12.9. The van der Waals surface area contributed by atoms with Crippen LogP contribution >= 0.6 is 0 Å². The summed E-state index contributed by atoms with van der Waals surface area (Å²) in [7, 11) is 1.79. The Morgan fingerprint density at radius 2 is 1.95 bits per heavy atom. The van der Waals surface area contributed by atoms with Crippen LogP contribution in [-0.4, -0.2) is 51.8 Å². The van der Waals surface area contributed by atoms with Gasteiger partial charge in [0, 0.05) is 39.4 Å². The molecule has 6 nitrogen and oxygen atoms in total. The van der Waals surface area contributed by atoms with Crippen molar-refractivity contribution in [3.05, 3.63) is 42.1 Å². The van der Waals surface area contributed by atoms with Gasteiger partial charge in [-0.1, -0.05) is 0 Å². The number of piperazine rings is 1. The van der Waals surface area contributed by atoms with E-state index < -0.39 is 0 Å². The molecule has 0 aromatic carbocycles. The molecule has 110 valence electrons. The Morgan fingerprint density at radius 3 is 2.52 bits per heavy atom. The summed E-state index contributed by atoms with van der Waals surface area (Å²) in [6, 6.07) is 4.77. The van der Waals surface area contributed by atoms with Crippen LogP contribution in [0.5, 0.6) is 0 Å². The summed E-state index contributed by atoms with van der Waals surface area (Å²) in [6.07, 6.45) is 2.96. The summed E-state index contributed by atoms with van der Waals surface area (Å²) in [5.74, 6) is 0.339. The van der Waals surface area contributed by atoms with Crippen molar-refractivity contribution in [3.63, 3.8) is 0 Å². The predicted octanol–water partition coefficient (Wildman–Crippen LogP) is 0.917. The molecule has 0 aliphatic carbocycles. The number of amides is 1. The molecule has 21 heavy (non-hydrogen) atoms. The number of aromatic nitrogens is 3. The number of pyridine rings is 1. The summed E-state index contributed by atoms with van der Waals surface area (Å²) in [6.45, 7) is 2.57. The van der Waals surface area contributed by atoms with Crippen molar-refractivity contribution in [2.75, 3.05) is 31.1 Å². The van der Waals surface area contributed by atoms with Crippen molar-refractivity contribution in [1.29, 1.82) is 0 Å². The van der Waals surface area contributed by atoms with Crippen LogP contribution < -0.4 is 4.90 Å². The first-order valence-electron chi connectivity index (χ1n) is 6.79. The van der Waals surface area contributed by atoms with Gasteiger partial charge in [0.15, 0.2) is 0 Å².